The Morgan fingerprint density at radius 1 is 1.14 bits per heavy atom. The Morgan fingerprint density at radius 3 is 2.38 bits per heavy atom. The minimum atomic E-state index is -4.79. The molecule has 1 N–H and O–H groups in total. The Bertz CT molecular complexity index is 956. The van der Waals surface area contributed by atoms with Crippen molar-refractivity contribution in [3.63, 3.8) is 0 Å². The number of nitrogens with one attached hydrogen (secondary N) is 1. The van der Waals surface area contributed by atoms with E-state index in [0.29, 0.717) is 11.6 Å². The lowest BCUT2D eigenvalue weighted by molar-refractivity contribution is -0.384. The molecule has 0 aliphatic rings. The van der Waals surface area contributed by atoms with E-state index in [-0.39, 0.29) is 6.07 Å². The molecule has 0 aliphatic heterocycles. The zero-order valence-corrected chi connectivity index (χ0v) is 14.4. The molecule has 29 heavy (non-hydrogen) atoms. The molecular formula is C18H12F4N2O5. The van der Waals surface area contributed by atoms with Crippen molar-refractivity contribution in [3.05, 3.63) is 75.6 Å². The van der Waals surface area contributed by atoms with Crippen LogP contribution in [-0.2, 0) is 20.5 Å². The van der Waals surface area contributed by atoms with Gasteiger partial charge in [-0.3, -0.25) is 14.9 Å². The van der Waals surface area contributed by atoms with E-state index in [1.807, 2.05) is 5.32 Å². The molecule has 0 fully saturated rings. The number of benzene rings is 2. The Morgan fingerprint density at radius 2 is 1.79 bits per heavy atom. The number of nitrogens with zero attached hydrogens (tertiary/aromatic N) is 1. The molecular weight excluding hydrogens is 400 g/mol. The second-order valence-electron chi connectivity index (χ2n) is 5.53. The number of nitro groups is 1. The van der Waals surface area contributed by atoms with Gasteiger partial charge in [0.05, 0.1) is 10.5 Å². The molecule has 2 rings (SSSR count). The number of amides is 1. The molecule has 0 saturated heterocycles. The molecule has 0 spiro atoms. The fraction of sp³-hybridized carbons (Fsp3) is 0.111. The van der Waals surface area contributed by atoms with Gasteiger partial charge in [0, 0.05) is 12.1 Å². The van der Waals surface area contributed by atoms with Gasteiger partial charge in [-0.1, -0.05) is 12.1 Å². The van der Waals surface area contributed by atoms with Gasteiger partial charge in [0.25, 0.3) is 11.6 Å². The predicted octanol–water partition coefficient (Wildman–Crippen LogP) is 3.95. The lowest BCUT2D eigenvalue weighted by Crippen LogP contribution is -2.21. The topological polar surface area (TPSA) is 98.5 Å². The maximum absolute atomic E-state index is 12.8. The van der Waals surface area contributed by atoms with Crippen molar-refractivity contribution in [2.24, 2.45) is 0 Å². The zero-order chi connectivity index (χ0) is 21.6. The summed E-state index contributed by atoms with van der Waals surface area (Å²) in [5.41, 5.74) is -2.20. The van der Waals surface area contributed by atoms with Gasteiger partial charge in [-0.15, -0.1) is 0 Å². The van der Waals surface area contributed by atoms with Gasteiger partial charge in [0.2, 0.25) is 0 Å². The summed E-state index contributed by atoms with van der Waals surface area (Å²) in [5, 5.41) is 13.0. The van der Waals surface area contributed by atoms with E-state index in [1.54, 1.807) is 0 Å². The molecule has 0 radical (unpaired) electrons. The highest BCUT2D eigenvalue weighted by atomic mass is 19.4. The Kier molecular flexibility index (Phi) is 6.65. The van der Waals surface area contributed by atoms with Crippen LogP contribution in [0.15, 0.2) is 48.5 Å². The van der Waals surface area contributed by atoms with E-state index in [1.165, 1.54) is 30.3 Å². The number of hydrogen-bond donors (Lipinski definition) is 1. The summed E-state index contributed by atoms with van der Waals surface area (Å²) >= 11 is 0. The fourth-order valence-corrected chi connectivity index (χ4v) is 2.07. The molecule has 0 atom stereocenters. The predicted molar refractivity (Wildman–Crippen MR) is 93.1 cm³/mol. The van der Waals surface area contributed by atoms with Crippen molar-refractivity contribution < 1.29 is 36.8 Å². The van der Waals surface area contributed by atoms with Crippen LogP contribution in [-0.4, -0.2) is 23.4 Å². The number of anilines is 1. The van der Waals surface area contributed by atoms with Crippen LogP contribution in [0, 0.1) is 15.9 Å². The molecule has 0 saturated carbocycles. The van der Waals surface area contributed by atoms with Crippen LogP contribution in [0.4, 0.5) is 28.9 Å². The van der Waals surface area contributed by atoms with E-state index in [0.717, 1.165) is 12.1 Å². The molecule has 0 unspecified atom stereocenters. The number of halogens is 4. The Balaban J connectivity index is 1.97. The van der Waals surface area contributed by atoms with Gasteiger partial charge in [0.1, 0.15) is 11.5 Å². The first-order valence-corrected chi connectivity index (χ1v) is 7.82. The summed E-state index contributed by atoms with van der Waals surface area (Å²) in [7, 11) is 0. The second kappa shape index (κ2) is 8.95. The molecule has 0 aromatic heterocycles. The largest absolute Gasteiger partial charge is 0.452 e. The quantitative estimate of drug-likeness (QED) is 0.255. The van der Waals surface area contributed by atoms with Crippen molar-refractivity contribution in [2.45, 2.75) is 6.18 Å². The first-order chi connectivity index (χ1) is 13.6. The lowest BCUT2D eigenvalue weighted by Gasteiger charge is -2.10. The smallest absolute Gasteiger partial charge is 0.416 e. The highest BCUT2D eigenvalue weighted by Crippen LogP contribution is 2.34. The first-order valence-electron chi connectivity index (χ1n) is 7.82. The van der Waals surface area contributed by atoms with Crippen LogP contribution in [0.1, 0.15) is 11.1 Å². The van der Waals surface area contributed by atoms with Crippen LogP contribution in [0.3, 0.4) is 0 Å². The van der Waals surface area contributed by atoms with E-state index in [2.05, 4.69) is 4.74 Å². The van der Waals surface area contributed by atoms with Crippen molar-refractivity contribution in [3.8, 4) is 0 Å². The van der Waals surface area contributed by atoms with E-state index in [4.69, 9.17) is 0 Å². The van der Waals surface area contributed by atoms with Crippen molar-refractivity contribution in [1.82, 2.24) is 0 Å². The zero-order valence-electron chi connectivity index (χ0n) is 14.4. The monoisotopic (exact) mass is 412 g/mol. The number of carbonyl (C=O) groups excluding carboxylic acids is 2. The SMILES string of the molecule is O=C(COC(=O)/C=C/c1ccc(F)cc1)Nc1ccc(C(F)(F)F)cc1[N+](=O)[O-]. The fourth-order valence-electron chi connectivity index (χ4n) is 2.07. The highest BCUT2D eigenvalue weighted by Gasteiger charge is 2.33. The standard InChI is InChI=1S/C18H12F4N2O5/c19-13-5-1-11(2-6-13)3-8-17(26)29-10-16(25)23-14-7-4-12(18(20,21)22)9-15(14)24(27)28/h1-9H,10H2,(H,23,25)/b8-3+. The molecule has 7 nitrogen and oxygen atoms in total. The number of nitro benzene ring substituents is 1. The molecule has 0 bridgehead atoms. The number of carbonyl (C=O) groups is 2. The van der Waals surface area contributed by atoms with Gasteiger partial charge >= 0.3 is 12.1 Å². The highest BCUT2D eigenvalue weighted by molar-refractivity contribution is 5.96. The van der Waals surface area contributed by atoms with E-state index < -0.39 is 52.3 Å². The van der Waals surface area contributed by atoms with Gasteiger partial charge in [-0.2, -0.15) is 13.2 Å². The summed E-state index contributed by atoms with van der Waals surface area (Å²) in [4.78, 5) is 33.2. The number of ether oxygens (including phenoxy) is 1. The Labute approximate surface area is 160 Å². The third kappa shape index (κ3) is 6.41. The number of rotatable bonds is 6. The molecule has 152 valence electrons. The van der Waals surface area contributed by atoms with Crippen LogP contribution in [0.2, 0.25) is 0 Å². The maximum Gasteiger partial charge on any atom is 0.416 e. The summed E-state index contributed by atoms with van der Waals surface area (Å²) in [6.45, 7) is -0.829. The molecule has 2 aromatic rings. The normalized spacial score (nSPS) is 11.3. The summed E-state index contributed by atoms with van der Waals surface area (Å²) in [5.74, 6) is -2.37. The van der Waals surface area contributed by atoms with E-state index >= 15 is 0 Å². The number of esters is 1. The van der Waals surface area contributed by atoms with Crippen LogP contribution < -0.4 is 5.32 Å². The number of alkyl halides is 3. The molecule has 1 amide bonds. The van der Waals surface area contributed by atoms with Crippen LogP contribution in [0.5, 0.6) is 0 Å². The third-order valence-electron chi connectivity index (χ3n) is 3.42. The summed E-state index contributed by atoms with van der Waals surface area (Å²) in [6.07, 6.45) is -2.51. The molecule has 0 heterocycles. The second-order valence-corrected chi connectivity index (χ2v) is 5.53. The number of hydrogen-bond acceptors (Lipinski definition) is 5. The van der Waals surface area contributed by atoms with E-state index in [9.17, 15) is 37.3 Å². The third-order valence-corrected chi connectivity index (χ3v) is 3.42. The maximum atomic E-state index is 12.8. The van der Waals surface area contributed by atoms with Crippen molar-refractivity contribution in [1.29, 1.82) is 0 Å². The van der Waals surface area contributed by atoms with Crippen LogP contribution in [0.25, 0.3) is 6.08 Å². The minimum Gasteiger partial charge on any atom is -0.452 e. The van der Waals surface area contributed by atoms with Crippen LogP contribution >= 0.6 is 0 Å². The average molecular weight is 412 g/mol. The van der Waals surface area contributed by atoms with Gasteiger partial charge in [0.15, 0.2) is 6.61 Å². The molecule has 11 heteroatoms. The lowest BCUT2D eigenvalue weighted by atomic mass is 10.1. The first kappa shape index (κ1) is 21.5. The van der Waals surface area contributed by atoms with Gasteiger partial charge < -0.3 is 10.1 Å². The minimum absolute atomic E-state index is 0.285. The van der Waals surface area contributed by atoms with Gasteiger partial charge in [-0.25, -0.2) is 9.18 Å². The molecule has 0 aliphatic carbocycles. The van der Waals surface area contributed by atoms with Gasteiger partial charge in [-0.05, 0) is 35.9 Å². The summed E-state index contributed by atoms with van der Waals surface area (Å²) in [6, 6.07) is 6.73. The Hall–Kier alpha value is -3.76. The molecule has 2 aromatic carbocycles. The van der Waals surface area contributed by atoms with Crippen molar-refractivity contribution in [2.75, 3.05) is 11.9 Å². The van der Waals surface area contributed by atoms with Crippen molar-refractivity contribution >= 4 is 29.3 Å². The average Bonchev–Trinajstić information content (AvgIpc) is 2.65. The summed E-state index contributed by atoms with van der Waals surface area (Å²) < 4.78 is 55.4.